The van der Waals surface area contributed by atoms with Crippen LogP contribution in [0.4, 0.5) is 0 Å². The first-order valence-electron chi connectivity index (χ1n) is 9.21. The molecule has 5 nitrogen and oxygen atoms in total. The normalized spacial score (nSPS) is 15.2. The SMILES string of the molecule is Cc1ccc(CNS(=O)(=O)CCCOc2cccc3c2OC(C)(C)C3)cc1. The Bertz CT molecular complexity index is 889. The third-order valence-electron chi connectivity index (χ3n) is 4.49. The molecule has 27 heavy (non-hydrogen) atoms. The van der Waals surface area contributed by atoms with Crippen molar-refractivity contribution in [3.8, 4) is 11.5 Å². The van der Waals surface area contributed by atoms with Gasteiger partial charge in [0.25, 0.3) is 0 Å². The molecule has 0 fully saturated rings. The minimum absolute atomic E-state index is 0.0280. The van der Waals surface area contributed by atoms with Gasteiger partial charge in [0, 0.05) is 18.5 Å². The number of ether oxygens (including phenoxy) is 2. The molecule has 1 aliphatic heterocycles. The Morgan fingerprint density at radius 2 is 1.89 bits per heavy atom. The quantitative estimate of drug-likeness (QED) is 0.701. The van der Waals surface area contributed by atoms with E-state index in [9.17, 15) is 8.42 Å². The largest absolute Gasteiger partial charge is 0.490 e. The fourth-order valence-corrected chi connectivity index (χ4v) is 4.13. The van der Waals surface area contributed by atoms with Crippen molar-refractivity contribution in [3.05, 3.63) is 59.2 Å². The first-order chi connectivity index (χ1) is 12.7. The molecule has 0 atom stereocenters. The number of sulfonamides is 1. The lowest BCUT2D eigenvalue weighted by molar-refractivity contribution is 0.132. The van der Waals surface area contributed by atoms with Crippen molar-refractivity contribution in [2.75, 3.05) is 12.4 Å². The fraction of sp³-hybridized carbons (Fsp3) is 0.429. The minimum atomic E-state index is -3.34. The van der Waals surface area contributed by atoms with Crippen LogP contribution < -0.4 is 14.2 Å². The topological polar surface area (TPSA) is 64.6 Å². The van der Waals surface area contributed by atoms with Crippen molar-refractivity contribution >= 4 is 10.0 Å². The molecule has 0 saturated carbocycles. The van der Waals surface area contributed by atoms with Gasteiger partial charge in [0.15, 0.2) is 11.5 Å². The average Bonchev–Trinajstić information content (AvgIpc) is 2.93. The summed E-state index contributed by atoms with van der Waals surface area (Å²) >= 11 is 0. The molecule has 0 bridgehead atoms. The van der Waals surface area contributed by atoms with Gasteiger partial charge in [0.05, 0.1) is 12.4 Å². The predicted octanol–water partition coefficient (Wildman–Crippen LogP) is 3.60. The molecule has 0 spiro atoms. The van der Waals surface area contributed by atoms with Crippen LogP contribution in [0.15, 0.2) is 42.5 Å². The van der Waals surface area contributed by atoms with Crippen LogP contribution >= 0.6 is 0 Å². The second-order valence-corrected chi connectivity index (χ2v) is 9.54. The highest BCUT2D eigenvalue weighted by Gasteiger charge is 2.32. The molecule has 6 heteroatoms. The molecular formula is C21H27NO4S. The maximum Gasteiger partial charge on any atom is 0.212 e. The van der Waals surface area contributed by atoms with E-state index in [4.69, 9.17) is 9.47 Å². The zero-order chi connectivity index (χ0) is 19.5. The van der Waals surface area contributed by atoms with Gasteiger partial charge in [0.1, 0.15) is 5.60 Å². The summed E-state index contributed by atoms with van der Waals surface area (Å²) in [5.41, 5.74) is 2.99. The highest BCUT2D eigenvalue weighted by atomic mass is 32.2. The summed E-state index contributed by atoms with van der Waals surface area (Å²) in [6, 6.07) is 13.6. The van der Waals surface area contributed by atoms with Crippen molar-refractivity contribution in [1.29, 1.82) is 0 Å². The van der Waals surface area contributed by atoms with Crippen molar-refractivity contribution < 1.29 is 17.9 Å². The van der Waals surface area contributed by atoms with E-state index in [-0.39, 0.29) is 11.4 Å². The Hall–Kier alpha value is -2.05. The lowest BCUT2D eigenvalue weighted by Gasteiger charge is -2.18. The molecule has 2 aromatic rings. The number of hydrogen-bond acceptors (Lipinski definition) is 4. The summed E-state index contributed by atoms with van der Waals surface area (Å²) < 4.78 is 38.7. The summed E-state index contributed by atoms with van der Waals surface area (Å²) in [4.78, 5) is 0. The monoisotopic (exact) mass is 389 g/mol. The number of fused-ring (bicyclic) bond motifs is 1. The van der Waals surface area contributed by atoms with E-state index < -0.39 is 10.0 Å². The molecule has 1 N–H and O–H groups in total. The van der Waals surface area contributed by atoms with E-state index in [0.29, 0.717) is 25.3 Å². The summed E-state index contributed by atoms with van der Waals surface area (Å²) in [6.07, 6.45) is 1.26. The Labute approximate surface area is 161 Å². The molecule has 1 heterocycles. The van der Waals surface area contributed by atoms with Gasteiger partial charge in [-0.25, -0.2) is 13.1 Å². The van der Waals surface area contributed by atoms with E-state index in [1.807, 2.05) is 63.2 Å². The van der Waals surface area contributed by atoms with Gasteiger partial charge in [0.2, 0.25) is 10.0 Å². The lowest BCUT2D eigenvalue weighted by atomic mass is 10.0. The Morgan fingerprint density at radius 3 is 2.63 bits per heavy atom. The van der Waals surface area contributed by atoms with Gasteiger partial charge in [-0.05, 0) is 38.8 Å². The van der Waals surface area contributed by atoms with Crippen molar-refractivity contribution in [1.82, 2.24) is 4.72 Å². The number of hydrogen-bond donors (Lipinski definition) is 1. The van der Waals surface area contributed by atoms with Gasteiger partial charge < -0.3 is 9.47 Å². The molecule has 0 unspecified atom stereocenters. The summed E-state index contributed by atoms with van der Waals surface area (Å²) in [7, 11) is -3.34. The molecule has 3 rings (SSSR count). The molecule has 0 saturated heterocycles. The van der Waals surface area contributed by atoms with Crippen LogP contribution in [0, 0.1) is 6.92 Å². The third kappa shape index (κ3) is 5.47. The van der Waals surface area contributed by atoms with Gasteiger partial charge >= 0.3 is 0 Å². The zero-order valence-corrected chi connectivity index (χ0v) is 16.9. The summed E-state index contributed by atoms with van der Waals surface area (Å²) in [6.45, 7) is 6.72. The first-order valence-corrected chi connectivity index (χ1v) is 10.9. The van der Waals surface area contributed by atoms with Crippen LogP contribution in [0.3, 0.4) is 0 Å². The summed E-state index contributed by atoms with van der Waals surface area (Å²) in [5.74, 6) is 1.49. The molecule has 0 aliphatic carbocycles. The molecule has 0 amide bonds. The van der Waals surface area contributed by atoms with E-state index >= 15 is 0 Å². The van der Waals surface area contributed by atoms with Crippen LogP contribution in [0.2, 0.25) is 0 Å². The Balaban J connectivity index is 1.46. The Kier molecular flexibility index (Phi) is 5.77. The predicted molar refractivity (Wildman–Crippen MR) is 107 cm³/mol. The van der Waals surface area contributed by atoms with E-state index in [0.717, 1.165) is 28.9 Å². The minimum Gasteiger partial charge on any atom is -0.490 e. The smallest absolute Gasteiger partial charge is 0.212 e. The van der Waals surface area contributed by atoms with Gasteiger partial charge in [-0.1, -0.05) is 42.0 Å². The van der Waals surface area contributed by atoms with Crippen molar-refractivity contribution in [2.24, 2.45) is 0 Å². The van der Waals surface area contributed by atoms with Crippen molar-refractivity contribution in [2.45, 2.75) is 45.8 Å². The van der Waals surface area contributed by atoms with Gasteiger partial charge in [-0.3, -0.25) is 0 Å². The second kappa shape index (κ2) is 7.90. The molecule has 0 radical (unpaired) electrons. The summed E-state index contributed by atoms with van der Waals surface area (Å²) in [5, 5.41) is 0. The van der Waals surface area contributed by atoms with Crippen LogP contribution in [-0.4, -0.2) is 26.4 Å². The number of nitrogens with one attached hydrogen (secondary N) is 1. The molecule has 1 aliphatic rings. The van der Waals surface area contributed by atoms with Crippen LogP contribution in [0.25, 0.3) is 0 Å². The van der Waals surface area contributed by atoms with Gasteiger partial charge in [-0.2, -0.15) is 0 Å². The van der Waals surface area contributed by atoms with E-state index in [1.54, 1.807) is 0 Å². The third-order valence-corrected chi connectivity index (χ3v) is 5.90. The standard InChI is InChI=1S/C21H27NO4S/c1-16-8-10-17(11-9-16)15-22-27(23,24)13-5-12-25-19-7-4-6-18-14-21(2,3)26-20(18)19/h4,6-11,22H,5,12-15H2,1-3H3. The molecule has 0 aromatic heterocycles. The number of rotatable bonds is 8. The van der Waals surface area contributed by atoms with E-state index in [1.165, 1.54) is 0 Å². The second-order valence-electron chi connectivity index (χ2n) is 7.61. The molecule has 2 aromatic carbocycles. The molecule has 146 valence electrons. The number of aryl methyl sites for hydroxylation is 1. The fourth-order valence-electron chi connectivity index (χ4n) is 3.10. The van der Waals surface area contributed by atoms with Crippen LogP contribution in [-0.2, 0) is 23.0 Å². The van der Waals surface area contributed by atoms with Crippen LogP contribution in [0.1, 0.15) is 37.0 Å². The van der Waals surface area contributed by atoms with Gasteiger partial charge in [-0.15, -0.1) is 0 Å². The lowest BCUT2D eigenvalue weighted by Crippen LogP contribution is -2.26. The average molecular weight is 390 g/mol. The van der Waals surface area contributed by atoms with Crippen LogP contribution in [0.5, 0.6) is 11.5 Å². The first kappa shape index (κ1) is 19.7. The highest BCUT2D eigenvalue weighted by molar-refractivity contribution is 7.89. The van der Waals surface area contributed by atoms with Crippen molar-refractivity contribution in [3.63, 3.8) is 0 Å². The molecular weight excluding hydrogens is 362 g/mol. The highest BCUT2D eigenvalue weighted by Crippen LogP contribution is 2.41. The zero-order valence-electron chi connectivity index (χ0n) is 16.1. The van der Waals surface area contributed by atoms with E-state index in [2.05, 4.69) is 4.72 Å². The number of para-hydroxylation sites is 1. The Morgan fingerprint density at radius 1 is 1.15 bits per heavy atom. The maximum atomic E-state index is 12.2. The maximum absolute atomic E-state index is 12.2. The number of benzene rings is 2.